The Hall–Kier alpha value is -1.77. The van der Waals surface area contributed by atoms with E-state index in [2.05, 4.69) is 6.58 Å². The van der Waals surface area contributed by atoms with Crippen molar-refractivity contribution in [1.82, 2.24) is 0 Å². The Morgan fingerprint density at radius 2 is 2.14 bits per heavy atom. The number of carbonyl (C=O) groups excluding carboxylic acids is 1. The zero-order valence-corrected chi connectivity index (χ0v) is 8.33. The summed E-state index contributed by atoms with van der Waals surface area (Å²) in [5.74, 6) is -0.0692. The molecule has 0 aliphatic heterocycles. The molecule has 3 nitrogen and oxygen atoms in total. The van der Waals surface area contributed by atoms with Crippen molar-refractivity contribution in [2.24, 2.45) is 0 Å². The Morgan fingerprint density at radius 1 is 1.50 bits per heavy atom. The van der Waals surface area contributed by atoms with Gasteiger partial charge < -0.3 is 10.5 Å². The highest BCUT2D eigenvalue weighted by molar-refractivity contribution is 5.89. The van der Waals surface area contributed by atoms with Gasteiger partial charge in [0.15, 0.2) is 5.75 Å². The van der Waals surface area contributed by atoms with Crippen LogP contribution in [0.2, 0.25) is 0 Å². The molecule has 0 saturated carbocycles. The van der Waals surface area contributed by atoms with Crippen LogP contribution in [0.5, 0.6) is 5.75 Å². The molecule has 0 amide bonds. The van der Waals surface area contributed by atoms with E-state index in [0.717, 1.165) is 5.56 Å². The summed E-state index contributed by atoms with van der Waals surface area (Å²) >= 11 is 0. The molecule has 0 aliphatic carbocycles. The lowest BCUT2D eigenvalue weighted by atomic mass is 10.2. The quantitative estimate of drug-likeness (QED) is 0.337. The average molecular weight is 191 g/mol. The second-order valence-electron chi connectivity index (χ2n) is 3.21. The number of nitrogen functional groups attached to an aromatic ring is 1. The zero-order valence-electron chi connectivity index (χ0n) is 8.33. The molecule has 0 heterocycles. The van der Waals surface area contributed by atoms with Gasteiger partial charge >= 0.3 is 5.97 Å². The molecule has 0 saturated heterocycles. The summed E-state index contributed by atoms with van der Waals surface area (Å²) in [4.78, 5) is 11.2. The molecule has 0 bridgehead atoms. The fourth-order valence-electron chi connectivity index (χ4n) is 0.917. The van der Waals surface area contributed by atoms with E-state index in [4.69, 9.17) is 10.5 Å². The fraction of sp³-hybridized carbons (Fsp3) is 0.182. The third-order valence-electron chi connectivity index (χ3n) is 1.72. The van der Waals surface area contributed by atoms with E-state index in [-0.39, 0.29) is 0 Å². The lowest BCUT2D eigenvalue weighted by Crippen LogP contribution is -2.09. The van der Waals surface area contributed by atoms with E-state index in [9.17, 15) is 4.79 Å². The van der Waals surface area contributed by atoms with Gasteiger partial charge in [0, 0.05) is 5.57 Å². The van der Waals surface area contributed by atoms with Crippen LogP contribution in [0.3, 0.4) is 0 Å². The molecule has 3 heteroatoms. The normalized spacial score (nSPS) is 9.57. The van der Waals surface area contributed by atoms with Crippen molar-refractivity contribution in [2.75, 3.05) is 5.73 Å². The molecule has 14 heavy (non-hydrogen) atoms. The van der Waals surface area contributed by atoms with Crippen LogP contribution in [0.15, 0.2) is 30.4 Å². The zero-order chi connectivity index (χ0) is 10.7. The Labute approximate surface area is 83.2 Å². The van der Waals surface area contributed by atoms with Gasteiger partial charge in [0.1, 0.15) is 0 Å². The van der Waals surface area contributed by atoms with Gasteiger partial charge in [-0.25, -0.2) is 4.79 Å². The van der Waals surface area contributed by atoms with E-state index in [1.54, 1.807) is 19.1 Å². The molecule has 2 N–H and O–H groups in total. The number of hydrogen-bond acceptors (Lipinski definition) is 3. The van der Waals surface area contributed by atoms with Crippen molar-refractivity contribution in [3.8, 4) is 5.75 Å². The highest BCUT2D eigenvalue weighted by Crippen LogP contribution is 2.22. The average Bonchev–Trinajstić information content (AvgIpc) is 2.11. The van der Waals surface area contributed by atoms with Crippen LogP contribution in [0.4, 0.5) is 5.69 Å². The van der Waals surface area contributed by atoms with Crippen LogP contribution in [-0.2, 0) is 4.79 Å². The summed E-state index contributed by atoms with van der Waals surface area (Å²) in [6.07, 6.45) is 0. The molecule has 0 radical (unpaired) electrons. The van der Waals surface area contributed by atoms with Crippen molar-refractivity contribution in [3.05, 3.63) is 35.9 Å². The molecule has 74 valence electrons. The predicted molar refractivity (Wildman–Crippen MR) is 56.0 cm³/mol. The molecule has 0 aliphatic rings. The van der Waals surface area contributed by atoms with Crippen molar-refractivity contribution in [2.45, 2.75) is 13.8 Å². The Bertz CT molecular complexity index is 383. The summed E-state index contributed by atoms with van der Waals surface area (Å²) in [6.45, 7) is 6.98. The minimum atomic E-state index is -0.456. The number of rotatable bonds is 2. The summed E-state index contributed by atoms with van der Waals surface area (Å²) in [7, 11) is 0. The molecule has 0 fully saturated rings. The van der Waals surface area contributed by atoms with Gasteiger partial charge in [0.2, 0.25) is 0 Å². The third-order valence-corrected chi connectivity index (χ3v) is 1.72. The Balaban J connectivity index is 2.91. The van der Waals surface area contributed by atoms with Gasteiger partial charge in [0.25, 0.3) is 0 Å². The minimum absolute atomic E-state index is 0.353. The van der Waals surface area contributed by atoms with Gasteiger partial charge in [-0.05, 0) is 31.5 Å². The summed E-state index contributed by atoms with van der Waals surface area (Å²) in [5.41, 5.74) is 7.42. The van der Waals surface area contributed by atoms with Gasteiger partial charge in [0.05, 0.1) is 5.69 Å². The van der Waals surface area contributed by atoms with E-state index >= 15 is 0 Å². The number of carbonyl (C=O) groups is 1. The maximum atomic E-state index is 11.2. The Kier molecular flexibility index (Phi) is 2.92. The first kappa shape index (κ1) is 10.3. The first-order chi connectivity index (χ1) is 6.50. The summed E-state index contributed by atoms with van der Waals surface area (Å²) < 4.78 is 5.02. The first-order valence-corrected chi connectivity index (χ1v) is 4.24. The van der Waals surface area contributed by atoms with E-state index in [1.807, 2.05) is 13.0 Å². The number of anilines is 1. The summed E-state index contributed by atoms with van der Waals surface area (Å²) in [5, 5.41) is 0. The maximum absolute atomic E-state index is 11.2. The SMILES string of the molecule is C=C(C)C(=O)Oc1cc(C)ccc1N. The standard InChI is InChI=1S/C11H13NO2/c1-7(2)11(13)14-10-6-8(3)4-5-9(10)12/h4-6H,1,12H2,2-3H3. The van der Waals surface area contributed by atoms with E-state index in [0.29, 0.717) is 17.0 Å². The molecule has 0 spiro atoms. The highest BCUT2D eigenvalue weighted by atomic mass is 16.5. The number of esters is 1. The molecule has 1 aromatic rings. The lowest BCUT2D eigenvalue weighted by Gasteiger charge is -2.07. The molecule has 0 aromatic heterocycles. The number of nitrogens with two attached hydrogens (primary N) is 1. The lowest BCUT2D eigenvalue weighted by molar-refractivity contribution is -0.130. The van der Waals surface area contributed by atoms with E-state index in [1.165, 1.54) is 0 Å². The van der Waals surface area contributed by atoms with E-state index < -0.39 is 5.97 Å². The molecule has 0 atom stereocenters. The highest BCUT2D eigenvalue weighted by Gasteiger charge is 2.07. The van der Waals surface area contributed by atoms with Crippen LogP contribution in [-0.4, -0.2) is 5.97 Å². The topological polar surface area (TPSA) is 52.3 Å². The third kappa shape index (κ3) is 2.36. The molecule has 1 rings (SSSR count). The minimum Gasteiger partial charge on any atom is -0.421 e. The number of ether oxygens (including phenoxy) is 1. The Morgan fingerprint density at radius 3 is 2.71 bits per heavy atom. The van der Waals surface area contributed by atoms with Crippen LogP contribution >= 0.6 is 0 Å². The van der Waals surface area contributed by atoms with Crippen LogP contribution in [0, 0.1) is 6.92 Å². The molecular weight excluding hydrogens is 178 g/mol. The first-order valence-electron chi connectivity index (χ1n) is 4.24. The monoisotopic (exact) mass is 191 g/mol. The largest absolute Gasteiger partial charge is 0.421 e. The van der Waals surface area contributed by atoms with Gasteiger partial charge in [-0.3, -0.25) is 0 Å². The maximum Gasteiger partial charge on any atom is 0.338 e. The number of hydrogen-bond donors (Lipinski definition) is 1. The van der Waals surface area contributed by atoms with Crippen LogP contribution in [0.25, 0.3) is 0 Å². The fourth-order valence-corrected chi connectivity index (χ4v) is 0.917. The van der Waals surface area contributed by atoms with Crippen molar-refractivity contribution in [3.63, 3.8) is 0 Å². The van der Waals surface area contributed by atoms with Gasteiger partial charge in [-0.2, -0.15) is 0 Å². The van der Waals surface area contributed by atoms with Crippen molar-refractivity contribution >= 4 is 11.7 Å². The van der Waals surface area contributed by atoms with Gasteiger partial charge in [-0.15, -0.1) is 0 Å². The van der Waals surface area contributed by atoms with Crippen LogP contribution < -0.4 is 10.5 Å². The number of benzene rings is 1. The smallest absolute Gasteiger partial charge is 0.338 e. The molecule has 0 unspecified atom stereocenters. The van der Waals surface area contributed by atoms with Gasteiger partial charge in [-0.1, -0.05) is 12.6 Å². The second kappa shape index (κ2) is 3.96. The van der Waals surface area contributed by atoms with Crippen molar-refractivity contribution < 1.29 is 9.53 Å². The van der Waals surface area contributed by atoms with Crippen LogP contribution in [0.1, 0.15) is 12.5 Å². The number of aryl methyl sites for hydroxylation is 1. The summed E-state index contributed by atoms with van der Waals surface area (Å²) in [6, 6.07) is 5.28. The molecule has 1 aromatic carbocycles. The van der Waals surface area contributed by atoms with Crippen molar-refractivity contribution in [1.29, 1.82) is 0 Å². The predicted octanol–water partition coefficient (Wildman–Crippen LogP) is 2.06. The second-order valence-corrected chi connectivity index (χ2v) is 3.21. The molecular formula is C11H13NO2.